The van der Waals surface area contributed by atoms with Crippen molar-refractivity contribution in [1.82, 2.24) is 15.1 Å². The van der Waals surface area contributed by atoms with E-state index in [4.69, 9.17) is 21.1 Å². The Morgan fingerprint density at radius 3 is 2.80 bits per heavy atom. The van der Waals surface area contributed by atoms with E-state index in [0.717, 1.165) is 25.1 Å². The number of aliphatic hydroxyl groups is 1. The number of hydrogen-bond donors (Lipinski definition) is 1. The van der Waals surface area contributed by atoms with Crippen molar-refractivity contribution in [3.8, 4) is 11.5 Å². The summed E-state index contributed by atoms with van der Waals surface area (Å²) in [6.45, 7) is 4.49. The number of benzene rings is 1. The Bertz CT molecular complexity index is 545. The van der Waals surface area contributed by atoms with E-state index >= 15 is 0 Å². The Labute approximate surface area is 123 Å². The molecule has 2 aromatic rings. The van der Waals surface area contributed by atoms with Crippen LogP contribution >= 0.6 is 11.6 Å². The average molecular weight is 296 g/mol. The summed E-state index contributed by atoms with van der Waals surface area (Å²) in [4.78, 5) is 2.14. The molecule has 0 aliphatic rings. The first-order chi connectivity index (χ1) is 9.74. The Balaban J connectivity index is 2.07. The smallest absolute Gasteiger partial charge is 0.249 e. The van der Waals surface area contributed by atoms with E-state index in [9.17, 15) is 0 Å². The summed E-state index contributed by atoms with van der Waals surface area (Å²) in [5.41, 5.74) is 0.742. The van der Waals surface area contributed by atoms with Crippen LogP contribution < -0.4 is 0 Å². The standard InChI is InChI=1S/C14H18ClN3O2/c1-2-18(8-5-9-19)10-13-16-17-14(20-13)11-6-3-4-7-12(11)15/h3-4,6-7,19H,2,5,8-10H2,1H3. The lowest BCUT2D eigenvalue weighted by molar-refractivity contribution is 0.212. The van der Waals surface area contributed by atoms with Crippen LogP contribution in [0.4, 0.5) is 0 Å². The molecule has 1 aromatic heterocycles. The summed E-state index contributed by atoms with van der Waals surface area (Å²) in [6.07, 6.45) is 0.735. The molecule has 0 saturated carbocycles. The Kier molecular flexibility index (Phi) is 5.52. The fraction of sp³-hybridized carbons (Fsp3) is 0.429. The maximum atomic E-state index is 8.87. The van der Waals surface area contributed by atoms with Gasteiger partial charge in [0, 0.05) is 13.2 Å². The summed E-state index contributed by atoms with van der Waals surface area (Å²) in [6, 6.07) is 7.38. The fourth-order valence-corrected chi connectivity index (χ4v) is 2.11. The number of aliphatic hydroxyl groups excluding tert-OH is 1. The zero-order valence-electron chi connectivity index (χ0n) is 11.4. The summed E-state index contributed by atoms with van der Waals surface area (Å²) >= 11 is 6.10. The second-order valence-corrected chi connectivity index (χ2v) is 4.83. The topological polar surface area (TPSA) is 62.4 Å². The lowest BCUT2D eigenvalue weighted by atomic mass is 10.2. The molecule has 0 saturated heterocycles. The van der Waals surface area contributed by atoms with Crippen molar-refractivity contribution in [1.29, 1.82) is 0 Å². The van der Waals surface area contributed by atoms with Crippen LogP contribution in [-0.4, -0.2) is 39.9 Å². The monoisotopic (exact) mass is 295 g/mol. The largest absolute Gasteiger partial charge is 0.419 e. The number of halogens is 1. The van der Waals surface area contributed by atoms with Crippen LogP contribution in [0.25, 0.3) is 11.5 Å². The van der Waals surface area contributed by atoms with Gasteiger partial charge in [-0.2, -0.15) is 0 Å². The summed E-state index contributed by atoms with van der Waals surface area (Å²) in [5, 5.41) is 17.5. The molecule has 1 heterocycles. The van der Waals surface area contributed by atoms with E-state index in [1.807, 2.05) is 18.2 Å². The molecular formula is C14H18ClN3O2. The van der Waals surface area contributed by atoms with Crippen molar-refractivity contribution in [2.45, 2.75) is 19.9 Å². The molecule has 0 fully saturated rings. The van der Waals surface area contributed by atoms with Crippen LogP contribution in [0.1, 0.15) is 19.2 Å². The highest BCUT2D eigenvalue weighted by atomic mass is 35.5. The molecule has 0 amide bonds. The van der Waals surface area contributed by atoms with Gasteiger partial charge in [0.25, 0.3) is 0 Å². The van der Waals surface area contributed by atoms with Gasteiger partial charge in [0.2, 0.25) is 11.8 Å². The highest BCUT2D eigenvalue weighted by molar-refractivity contribution is 6.33. The van der Waals surface area contributed by atoms with Gasteiger partial charge in [-0.25, -0.2) is 0 Å². The fourth-order valence-electron chi connectivity index (χ4n) is 1.90. The van der Waals surface area contributed by atoms with Gasteiger partial charge in [-0.3, -0.25) is 4.90 Å². The van der Waals surface area contributed by atoms with Crippen LogP contribution in [0.2, 0.25) is 5.02 Å². The molecule has 0 atom stereocenters. The molecular weight excluding hydrogens is 278 g/mol. The molecule has 1 aromatic carbocycles. The van der Waals surface area contributed by atoms with Gasteiger partial charge in [0.1, 0.15) is 0 Å². The van der Waals surface area contributed by atoms with Crippen LogP contribution in [-0.2, 0) is 6.54 Å². The summed E-state index contributed by atoms with van der Waals surface area (Å²) in [5.74, 6) is 0.989. The third-order valence-electron chi connectivity index (χ3n) is 3.01. The average Bonchev–Trinajstić information content (AvgIpc) is 2.92. The highest BCUT2D eigenvalue weighted by Gasteiger charge is 2.13. The van der Waals surface area contributed by atoms with Crippen molar-refractivity contribution < 1.29 is 9.52 Å². The number of nitrogens with zero attached hydrogens (tertiary/aromatic N) is 3. The highest BCUT2D eigenvalue weighted by Crippen LogP contribution is 2.26. The first-order valence-corrected chi connectivity index (χ1v) is 7.03. The van der Waals surface area contributed by atoms with Crippen LogP contribution in [0.3, 0.4) is 0 Å². The van der Waals surface area contributed by atoms with Gasteiger partial charge >= 0.3 is 0 Å². The minimum atomic E-state index is 0.186. The second kappa shape index (κ2) is 7.38. The zero-order valence-corrected chi connectivity index (χ0v) is 12.2. The normalized spacial score (nSPS) is 11.2. The van der Waals surface area contributed by atoms with Gasteiger partial charge in [0.05, 0.1) is 17.1 Å². The summed E-state index contributed by atoms with van der Waals surface area (Å²) < 4.78 is 5.65. The zero-order chi connectivity index (χ0) is 14.4. The number of rotatable bonds is 7. The lowest BCUT2D eigenvalue weighted by Gasteiger charge is -2.17. The van der Waals surface area contributed by atoms with E-state index in [1.165, 1.54) is 0 Å². The van der Waals surface area contributed by atoms with Gasteiger partial charge in [0.15, 0.2) is 0 Å². The van der Waals surface area contributed by atoms with E-state index < -0.39 is 0 Å². The molecule has 0 bridgehead atoms. The van der Waals surface area contributed by atoms with Crippen molar-refractivity contribution >= 4 is 11.6 Å². The molecule has 5 nitrogen and oxygen atoms in total. The van der Waals surface area contributed by atoms with Crippen molar-refractivity contribution in [3.63, 3.8) is 0 Å². The minimum absolute atomic E-state index is 0.186. The van der Waals surface area contributed by atoms with Crippen LogP contribution in [0, 0.1) is 0 Å². The van der Waals surface area contributed by atoms with Gasteiger partial charge in [-0.15, -0.1) is 10.2 Å². The number of hydrogen-bond acceptors (Lipinski definition) is 5. The second-order valence-electron chi connectivity index (χ2n) is 4.43. The van der Waals surface area contributed by atoms with Crippen molar-refractivity contribution in [2.24, 2.45) is 0 Å². The molecule has 0 aliphatic heterocycles. The van der Waals surface area contributed by atoms with Crippen LogP contribution in [0.15, 0.2) is 28.7 Å². The molecule has 0 radical (unpaired) electrons. The maximum absolute atomic E-state index is 8.87. The first-order valence-electron chi connectivity index (χ1n) is 6.65. The van der Waals surface area contributed by atoms with E-state index in [1.54, 1.807) is 6.07 Å². The van der Waals surface area contributed by atoms with E-state index in [0.29, 0.717) is 23.3 Å². The predicted octanol–water partition coefficient (Wildman–Crippen LogP) is 2.59. The third-order valence-corrected chi connectivity index (χ3v) is 3.34. The molecule has 0 unspecified atom stereocenters. The quantitative estimate of drug-likeness (QED) is 0.850. The molecule has 6 heteroatoms. The van der Waals surface area contributed by atoms with Crippen LogP contribution in [0.5, 0.6) is 0 Å². The lowest BCUT2D eigenvalue weighted by Crippen LogP contribution is -2.24. The van der Waals surface area contributed by atoms with Gasteiger partial charge in [-0.1, -0.05) is 30.7 Å². The Hall–Kier alpha value is -1.43. The minimum Gasteiger partial charge on any atom is -0.419 e. The van der Waals surface area contributed by atoms with E-state index in [-0.39, 0.29) is 6.61 Å². The maximum Gasteiger partial charge on any atom is 0.249 e. The molecule has 108 valence electrons. The van der Waals surface area contributed by atoms with Gasteiger partial charge in [-0.05, 0) is 25.1 Å². The van der Waals surface area contributed by atoms with Crippen molar-refractivity contribution in [2.75, 3.05) is 19.7 Å². The number of aromatic nitrogens is 2. The summed E-state index contributed by atoms with van der Waals surface area (Å²) in [7, 11) is 0. The SMILES string of the molecule is CCN(CCCO)Cc1nnc(-c2ccccc2Cl)o1. The molecule has 0 aliphatic carbocycles. The first kappa shape index (κ1) is 15.0. The van der Waals surface area contributed by atoms with Gasteiger partial charge < -0.3 is 9.52 Å². The van der Waals surface area contributed by atoms with E-state index in [2.05, 4.69) is 22.0 Å². The molecule has 1 N–H and O–H groups in total. The Morgan fingerprint density at radius 2 is 2.10 bits per heavy atom. The van der Waals surface area contributed by atoms with Crippen molar-refractivity contribution in [3.05, 3.63) is 35.2 Å². The molecule has 0 spiro atoms. The third kappa shape index (κ3) is 3.79. The predicted molar refractivity (Wildman–Crippen MR) is 77.4 cm³/mol. The molecule has 20 heavy (non-hydrogen) atoms. The molecule has 2 rings (SSSR count). The Morgan fingerprint density at radius 1 is 1.30 bits per heavy atom.